The summed E-state index contributed by atoms with van der Waals surface area (Å²) >= 11 is 12.5. The van der Waals surface area contributed by atoms with Crippen LogP contribution in [0.4, 0.5) is 11.4 Å². The van der Waals surface area contributed by atoms with Gasteiger partial charge in [-0.3, -0.25) is 19.6 Å². The third-order valence-electron chi connectivity index (χ3n) is 7.86. The number of aromatic nitrogens is 2. The van der Waals surface area contributed by atoms with Gasteiger partial charge in [-0.15, -0.1) is 0 Å². The predicted octanol–water partition coefficient (Wildman–Crippen LogP) is 6.66. The van der Waals surface area contributed by atoms with E-state index in [0.717, 1.165) is 28.8 Å². The molecule has 1 N–H and O–H groups in total. The molecule has 0 bridgehead atoms. The Hall–Kier alpha value is -4.69. The lowest BCUT2D eigenvalue weighted by molar-refractivity contribution is -0.384. The van der Waals surface area contributed by atoms with E-state index in [-0.39, 0.29) is 28.5 Å². The van der Waals surface area contributed by atoms with Crippen molar-refractivity contribution in [2.24, 2.45) is 0 Å². The van der Waals surface area contributed by atoms with Crippen LogP contribution >= 0.6 is 23.2 Å². The first kappa shape index (κ1) is 33.2. The van der Waals surface area contributed by atoms with Gasteiger partial charge in [0.15, 0.2) is 5.69 Å². The first-order valence-electron chi connectivity index (χ1n) is 14.8. The smallest absolute Gasteiger partial charge is 0.292 e. The van der Waals surface area contributed by atoms with Crippen LogP contribution in [0.1, 0.15) is 27.2 Å². The van der Waals surface area contributed by atoms with E-state index in [1.54, 1.807) is 21.7 Å². The number of rotatable bonds is 9. The van der Waals surface area contributed by atoms with Crippen molar-refractivity contribution in [1.29, 1.82) is 0 Å². The highest BCUT2D eigenvalue weighted by Crippen LogP contribution is 2.33. The largest absolute Gasteiger partial charge is 0.457 e. The molecule has 1 saturated heterocycles. The number of ether oxygens (including phenoxy) is 2. The van der Waals surface area contributed by atoms with Gasteiger partial charge in [0.05, 0.1) is 35.1 Å². The van der Waals surface area contributed by atoms with Crippen LogP contribution in [-0.4, -0.2) is 55.3 Å². The number of nitrogens with one attached hydrogen (secondary N) is 1. The maximum atomic E-state index is 13.5. The third kappa shape index (κ3) is 6.95. The number of nitrogens with zero attached hydrogens (tertiary/aromatic N) is 4. The number of carbonyl (C=O) groups is 1. The molecule has 12 nitrogen and oxygen atoms in total. The summed E-state index contributed by atoms with van der Waals surface area (Å²) in [5.74, 6) is 0.295. The number of hydrogen-bond donors (Lipinski definition) is 1. The zero-order valence-electron chi connectivity index (χ0n) is 25.8. The fourth-order valence-corrected chi connectivity index (χ4v) is 6.74. The quantitative estimate of drug-likeness (QED) is 0.131. The Bertz CT molecular complexity index is 2140. The normalized spacial score (nSPS) is 13.5. The van der Waals surface area contributed by atoms with Gasteiger partial charge in [-0.2, -0.15) is 5.10 Å². The number of carbonyl (C=O) groups excluding carboxylic acids is 1. The molecule has 1 aliphatic heterocycles. The molecule has 15 heteroatoms. The standard InChI is InChI=1S/C33H29Cl2N5O7S/c1-20-15-25(16-21(2)31(20)35)47-24-6-3-22(4-7-24)19-39-28-9-5-23(34)17-27(28)32(36-39)33(41)37-48(44,45)26-8-10-29(40(42)43)30(18-26)38-11-13-46-14-12-38/h3-10,15-18H,11-14,19H2,1-2H3,(H,37,41). The van der Waals surface area contributed by atoms with Gasteiger partial charge in [0.2, 0.25) is 0 Å². The molecule has 1 aromatic heterocycles. The third-order valence-corrected chi connectivity index (χ3v) is 10.0. The monoisotopic (exact) mass is 709 g/mol. The van der Waals surface area contributed by atoms with E-state index in [9.17, 15) is 23.3 Å². The number of fused-ring (bicyclic) bond motifs is 1. The Morgan fingerprint density at radius 1 is 0.979 bits per heavy atom. The number of sulfonamides is 1. The van der Waals surface area contributed by atoms with E-state index in [1.165, 1.54) is 12.1 Å². The molecular weight excluding hydrogens is 681 g/mol. The molecule has 1 aliphatic rings. The Morgan fingerprint density at radius 2 is 1.67 bits per heavy atom. The number of hydrogen-bond acceptors (Lipinski definition) is 9. The van der Waals surface area contributed by atoms with Crippen LogP contribution in [0.3, 0.4) is 0 Å². The first-order valence-corrected chi connectivity index (χ1v) is 17.0. The number of nitro benzene ring substituents is 1. The molecule has 0 radical (unpaired) electrons. The van der Waals surface area contributed by atoms with Gasteiger partial charge in [0.1, 0.15) is 17.2 Å². The Labute approximate surface area is 286 Å². The van der Waals surface area contributed by atoms with E-state index < -0.39 is 20.9 Å². The maximum Gasteiger partial charge on any atom is 0.292 e. The fourth-order valence-electron chi connectivity index (χ4n) is 5.49. The summed E-state index contributed by atoms with van der Waals surface area (Å²) in [4.78, 5) is 26.0. The molecule has 0 spiro atoms. The molecule has 1 amide bonds. The van der Waals surface area contributed by atoms with Crippen molar-refractivity contribution in [3.63, 3.8) is 0 Å². The van der Waals surface area contributed by atoms with Crippen LogP contribution in [0.5, 0.6) is 11.5 Å². The number of aryl methyl sites for hydroxylation is 2. The minimum atomic E-state index is -4.46. The molecule has 48 heavy (non-hydrogen) atoms. The van der Waals surface area contributed by atoms with Crippen LogP contribution in [0.25, 0.3) is 10.9 Å². The summed E-state index contributed by atoms with van der Waals surface area (Å²) in [6.45, 7) is 5.44. The fraction of sp³-hybridized carbons (Fsp3) is 0.212. The molecule has 6 rings (SSSR count). The number of benzene rings is 4. The van der Waals surface area contributed by atoms with Crippen molar-refractivity contribution in [3.8, 4) is 11.5 Å². The minimum absolute atomic E-state index is 0.120. The van der Waals surface area contributed by atoms with E-state index in [1.807, 2.05) is 50.2 Å². The molecule has 4 aromatic carbocycles. The average Bonchev–Trinajstić information content (AvgIpc) is 3.41. The van der Waals surface area contributed by atoms with E-state index in [4.69, 9.17) is 32.7 Å². The Balaban J connectivity index is 1.25. The zero-order valence-corrected chi connectivity index (χ0v) is 28.1. The van der Waals surface area contributed by atoms with Crippen LogP contribution in [0.2, 0.25) is 10.0 Å². The van der Waals surface area contributed by atoms with Crippen molar-refractivity contribution in [3.05, 3.63) is 115 Å². The van der Waals surface area contributed by atoms with Crippen LogP contribution < -0.4 is 14.4 Å². The zero-order chi connectivity index (χ0) is 34.2. The molecule has 0 atom stereocenters. The summed E-state index contributed by atoms with van der Waals surface area (Å²) in [5, 5.41) is 17.5. The van der Waals surface area contributed by atoms with Gasteiger partial charge >= 0.3 is 0 Å². The van der Waals surface area contributed by atoms with E-state index >= 15 is 0 Å². The highest BCUT2D eigenvalue weighted by atomic mass is 35.5. The lowest BCUT2D eigenvalue weighted by Crippen LogP contribution is -2.37. The minimum Gasteiger partial charge on any atom is -0.457 e. The highest BCUT2D eigenvalue weighted by molar-refractivity contribution is 7.90. The topological polar surface area (TPSA) is 146 Å². The van der Waals surface area contributed by atoms with Crippen molar-refractivity contribution in [1.82, 2.24) is 14.5 Å². The molecule has 248 valence electrons. The van der Waals surface area contributed by atoms with Gasteiger partial charge in [0.25, 0.3) is 21.6 Å². The van der Waals surface area contributed by atoms with Crippen LogP contribution in [0.15, 0.2) is 77.7 Å². The van der Waals surface area contributed by atoms with E-state index in [0.29, 0.717) is 58.8 Å². The average molecular weight is 711 g/mol. The summed E-state index contributed by atoms with van der Waals surface area (Å²) in [6, 6.07) is 19.4. The van der Waals surface area contributed by atoms with E-state index in [2.05, 4.69) is 9.82 Å². The van der Waals surface area contributed by atoms with Crippen molar-refractivity contribution >= 4 is 61.4 Å². The SMILES string of the molecule is Cc1cc(Oc2ccc(Cn3nc(C(=O)NS(=O)(=O)c4ccc([N+](=O)[O-])c(N5CCOCC5)c4)c4cc(Cl)ccc43)cc2)cc(C)c1Cl. The second-order valence-electron chi connectivity index (χ2n) is 11.2. The summed E-state index contributed by atoms with van der Waals surface area (Å²) in [7, 11) is -4.46. The Kier molecular flexibility index (Phi) is 9.30. The number of morpholine rings is 1. The van der Waals surface area contributed by atoms with Crippen molar-refractivity contribution in [2.75, 3.05) is 31.2 Å². The molecule has 1 fully saturated rings. The maximum absolute atomic E-state index is 13.5. The van der Waals surface area contributed by atoms with Gasteiger partial charge in [-0.1, -0.05) is 35.3 Å². The summed E-state index contributed by atoms with van der Waals surface area (Å²) in [6.07, 6.45) is 0. The van der Waals surface area contributed by atoms with Crippen molar-refractivity contribution in [2.45, 2.75) is 25.3 Å². The number of halogens is 2. The predicted molar refractivity (Wildman–Crippen MR) is 182 cm³/mol. The molecular formula is C33H29Cl2N5O7S. The lowest BCUT2D eigenvalue weighted by Gasteiger charge is -2.28. The molecule has 2 heterocycles. The molecule has 0 saturated carbocycles. The molecule has 5 aromatic rings. The summed E-state index contributed by atoms with van der Waals surface area (Å²) < 4.78 is 41.8. The second-order valence-corrected chi connectivity index (χ2v) is 13.7. The molecule has 0 unspecified atom stereocenters. The second kappa shape index (κ2) is 13.4. The van der Waals surface area contributed by atoms with Crippen molar-refractivity contribution < 1.29 is 27.6 Å². The van der Waals surface area contributed by atoms with Gasteiger partial charge in [0, 0.05) is 34.6 Å². The number of anilines is 1. The van der Waals surface area contributed by atoms with Crippen LogP contribution in [-0.2, 0) is 21.3 Å². The van der Waals surface area contributed by atoms with Gasteiger partial charge < -0.3 is 14.4 Å². The first-order chi connectivity index (χ1) is 22.9. The summed E-state index contributed by atoms with van der Waals surface area (Å²) in [5.41, 5.74) is 2.93. The highest BCUT2D eigenvalue weighted by Gasteiger charge is 2.28. The Morgan fingerprint density at radius 3 is 2.33 bits per heavy atom. The lowest BCUT2D eigenvalue weighted by atomic mass is 10.1. The molecule has 0 aliphatic carbocycles. The van der Waals surface area contributed by atoms with Gasteiger partial charge in [-0.25, -0.2) is 13.1 Å². The number of amides is 1. The van der Waals surface area contributed by atoms with Crippen LogP contribution in [0, 0.1) is 24.0 Å². The number of nitro groups is 1. The van der Waals surface area contributed by atoms with Gasteiger partial charge in [-0.05, 0) is 85.1 Å².